The molecular weight excluding hydrogens is 470 g/mol. The topological polar surface area (TPSA) is 85.3 Å². The van der Waals surface area contributed by atoms with Gasteiger partial charge in [-0.2, -0.15) is 0 Å². The van der Waals surface area contributed by atoms with Gasteiger partial charge in [0.05, 0.1) is 31.9 Å². The number of methoxy groups -OCH3 is 1. The number of benzene rings is 3. The summed E-state index contributed by atoms with van der Waals surface area (Å²) in [6.45, 7) is 8.42. The van der Waals surface area contributed by atoms with Crippen molar-refractivity contribution >= 4 is 23.1 Å². The predicted octanol–water partition coefficient (Wildman–Crippen LogP) is 5.74. The average Bonchev–Trinajstić information content (AvgIpc) is 3.16. The number of Topliss-reactive ketones (excluding diaryl/α,β-unsaturated/α-hetero) is 1. The first kappa shape index (κ1) is 25.8. The Hall–Kier alpha value is -4.26. The molecule has 192 valence electrons. The average molecular weight is 502 g/mol. The van der Waals surface area contributed by atoms with Gasteiger partial charge < -0.3 is 19.3 Å². The molecule has 7 heteroatoms. The van der Waals surface area contributed by atoms with Crippen LogP contribution in [-0.4, -0.2) is 37.1 Å². The molecule has 3 aromatic carbocycles. The SMILES string of the molecule is CCOc1ccc(C2/C(=C(\O)c3cc(C)c(OC)cc3C)C(=O)C(=O)N2c2cccc(OCC)c2)cc1. The molecule has 0 bridgehead atoms. The molecule has 0 saturated carbocycles. The van der Waals surface area contributed by atoms with E-state index in [-0.39, 0.29) is 11.3 Å². The van der Waals surface area contributed by atoms with Crippen LogP contribution in [-0.2, 0) is 9.59 Å². The number of rotatable bonds is 8. The fourth-order valence-electron chi connectivity index (χ4n) is 4.63. The number of carbonyl (C=O) groups excluding carboxylic acids is 2. The largest absolute Gasteiger partial charge is 0.507 e. The van der Waals surface area contributed by atoms with E-state index in [0.29, 0.717) is 47.3 Å². The van der Waals surface area contributed by atoms with Crippen molar-refractivity contribution < 1.29 is 28.9 Å². The van der Waals surface area contributed by atoms with E-state index in [9.17, 15) is 14.7 Å². The third-order valence-electron chi connectivity index (χ3n) is 6.36. The van der Waals surface area contributed by atoms with Crippen molar-refractivity contribution in [2.24, 2.45) is 0 Å². The van der Waals surface area contributed by atoms with Crippen LogP contribution in [0.1, 0.15) is 42.1 Å². The normalized spacial score (nSPS) is 16.7. The third kappa shape index (κ3) is 4.89. The quantitative estimate of drug-likeness (QED) is 0.241. The minimum atomic E-state index is -0.852. The number of hydrogen-bond donors (Lipinski definition) is 1. The molecular formula is C30H31NO6. The van der Waals surface area contributed by atoms with Gasteiger partial charge >= 0.3 is 0 Å². The lowest BCUT2D eigenvalue weighted by Gasteiger charge is -2.26. The molecule has 0 aromatic heterocycles. The van der Waals surface area contributed by atoms with Crippen LogP contribution in [0, 0.1) is 13.8 Å². The molecule has 1 aliphatic heterocycles. The molecule has 3 aromatic rings. The number of aliphatic hydroxyl groups is 1. The van der Waals surface area contributed by atoms with Gasteiger partial charge in [0.15, 0.2) is 0 Å². The summed E-state index contributed by atoms with van der Waals surface area (Å²) in [5.74, 6) is 0.203. The molecule has 7 nitrogen and oxygen atoms in total. The Balaban J connectivity index is 1.93. The van der Waals surface area contributed by atoms with E-state index in [1.54, 1.807) is 67.8 Å². The predicted molar refractivity (Wildman–Crippen MR) is 142 cm³/mol. The van der Waals surface area contributed by atoms with Gasteiger partial charge in [-0.3, -0.25) is 14.5 Å². The molecule has 1 amide bonds. The highest BCUT2D eigenvalue weighted by Gasteiger charge is 2.47. The number of aliphatic hydroxyl groups excluding tert-OH is 1. The summed E-state index contributed by atoms with van der Waals surface area (Å²) in [5, 5.41) is 11.5. The van der Waals surface area contributed by atoms with E-state index < -0.39 is 17.7 Å². The molecule has 37 heavy (non-hydrogen) atoms. The zero-order valence-corrected chi connectivity index (χ0v) is 21.7. The number of carbonyl (C=O) groups is 2. The van der Waals surface area contributed by atoms with Gasteiger partial charge in [-0.1, -0.05) is 18.2 Å². The number of hydrogen-bond acceptors (Lipinski definition) is 6. The first-order valence-electron chi connectivity index (χ1n) is 12.2. The van der Waals surface area contributed by atoms with Crippen LogP contribution in [0.4, 0.5) is 5.69 Å². The second-order valence-electron chi connectivity index (χ2n) is 8.74. The Bertz CT molecular complexity index is 1360. The summed E-state index contributed by atoms with van der Waals surface area (Å²) >= 11 is 0. The molecule has 0 spiro atoms. The van der Waals surface area contributed by atoms with Crippen LogP contribution in [0.2, 0.25) is 0 Å². The van der Waals surface area contributed by atoms with E-state index in [2.05, 4.69) is 0 Å². The van der Waals surface area contributed by atoms with Gasteiger partial charge in [0.25, 0.3) is 11.7 Å². The molecule has 1 heterocycles. The van der Waals surface area contributed by atoms with Gasteiger partial charge in [0.1, 0.15) is 23.0 Å². The number of anilines is 1. The van der Waals surface area contributed by atoms with Crippen LogP contribution in [0.15, 0.2) is 66.2 Å². The van der Waals surface area contributed by atoms with Crippen LogP contribution in [0.3, 0.4) is 0 Å². The van der Waals surface area contributed by atoms with Crippen LogP contribution < -0.4 is 19.1 Å². The van der Waals surface area contributed by atoms with E-state index in [1.165, 1.54) is 4.90 Å². The van der Waals surface area contributed by atoms with Gasteiger partial charge in [-0.25, -0.2) is 0 Å². The Morgan fingerprint density at radius 1 is 0.892 bits per heavy atom. The first-order chi connectivity index (χ1) is 17.8. The monoisotopic (exact) mass is 501 g/mol. The fourth-order valence-corrected chi connectivity index (χ4v) is 4.63. The van der Waals surface area contributed by atoms with Crippen LogP contribution in [0.5, 0.6) is 17.2 Å². The molecule has 0 radical (unpaired) electrons. The van der Waals surface area contributed by atoms with Gasteiger partial charge in [-0.15, -0.1) is 0 Å². The second-order valence-corrected chi connectivity index (χ2v) is 8.74. The fraction of sp³-hybridized carbons (Fsp3) is 0.267. The zero-order chi connectivity index (χ0) is 26.7. The lowest BCUT2D eigenvalue weighted by Crippen LogP contribution is -2.29. The number of aryl methyl sites for hydroxylation is 2. The molecule has 1 unspecified atom stereocenters. The van der Waals surface area contributed by atoms with E-state index in [4.69, 9.17) is 14.2 Å². The Labute approximate surface area is 216 Å². The molecule has 1 fully saturated rings. The maximum absolute atomic E-state index is 13.5. The van der Waals surface area contributed by atoms with Crippen molar-refractivity contribution in [3.05, 3.63) is 88.5 Å². The maximum Gasteiger partial charge on any atom is 0.300 e. The van der Waals surface area contributed by atoms with Crippen molar-refractivity contribution in [1.29, 1.82) is 0 Å². The first-order valence-corrected chi connectivity index (χ1v) is 12.2. The minimum Gasteiger partial charge on any atom is -0.507 e. The highest BCUT2D eigenvalue weighted by molar-refractivity contribution is 6.51. The summed E-state index contributed by atoms with van der Waals surface area (Å²) in [6.07, 6.45) is 0. The number of nitrogens with zero attached hydrogens (tertiary/aromatic N) is 1. The van der Waals surface area contributed by atoms with Crippen molar-refractivity contribution in [3.8, 4) is 17.2 Å². The highest BCUT2D eigenvalue weighted by Crippen LogP contribution is 2.43. The lowest BCUT2D eigenvalue weighted by atomic mass is 9.93. The van der Waals surface area contributed by atoms with E-state index in [1.807, 2.05) is 27.7 Å². The van der Waals surface area contributed by atoms with Crippen LogP contribution in [0.25, 0.3) is 5.76 Å². The Kier molecular flexibility index (Phi) is 7.53. The van der Waals surface area contributed by atoms with Gasteiger partial charge in [0, 0.05) is 17.3 Å². The molecule has 1 saturated heterocycles. The van der Waals surface area contributed by atoms with Gasteiger partial charge in [-0.05, 0) is 80.8 Å². The van der Waals surface area contributed by atoms with Crippen molar-refractivity contribution in [3.63, 3.8) is 0 Å². The Morgan fingerprint density at radius 2 is 1.57 bits per heavy atom. The van der Waals surface area contributed by atoms with Crippen molar-refractivity contribution in [1.82, 2.24) is 0 Å². The molecule has 0 aliphatic carbocycles. The van der Waals surface area contributed by atoms with Crippen LogP contribution >= 0.6 is 0 Å². The summed E-state index contributed by atoms with van der Waals surface area (Å²) in [5.41, 5.74) is 3.15. The minimum absolute atomic E-state index is 0.0173. The number of ether oxygens (including phenoxy) is 3. The lowest BCUT2D eigenvalue weighted by molar-refractivity contribution is -0.132. The maximum atomic E-state index is 13.5. The van der Waals surface area contributed by atoms with E-state index >= 15 is 0 Å². The van der Waals surface area contributed by atoms with Gasteiger partial charge in [0.2, 0.25) is 0 Å². The Morgan fingerprint density at radius 3 is 2.22 bits per heavy atom. The summed E-state index contributed by atoms with van der Waals surface area (Å²) < 4.78 is 16.6. The number of ketones is 1. The summed E-state index contributed by atoms with van der Waals surface area (Å²) in [7, 11) is 1.58. The van der Waals surface area contributed by atoms with Crippen molar-refractivity contribution in [2.75, 3.05) is 25.2 Å². The molecule has 1 atom stereocenters. The smallest absolute Gasteiger partial charge is 0.300 e. The van der Waals surface area contributed by atoms with E-state index in [0.717, 1.165) is 11.1 Å². The molecule has 4 rings (SSSR count). The molecule has 1 aliphatic rings. The summed E-state index contributed by atoms with van der Waals surface area (Å²) in [6, 6.07) is 16.9. The zero-order valence-electron chi connectivity index (χ0n) is 21.7. The highest BCUT2D eigenvalue weighted by atomic mass is 16.5. The second kappa shape index (κ2) is 10.8. The third-order valence-corrected chi connectivity index (χ3v) is 6.36. The van der Waals surface area contributed by atoms with Crippen molar-refractivity contribution in [2.45, 2.75) is 33.7 Å². The number of amides is 1. The molecule has 1 N–H and O–H groups in total. The summed E-state index contributed by atoms with van der Waals surface area (Å²) in [4.78, 5) is 28.4. The standard InChI is InChI=1S/C30H31NO6/c1-6-36-22-13-11-20(12-14-22)27-26(28(32)24-15-19(4)25(35-5)16-18(24)3)29(33)30(34)31(27)21-9-8-10-23(17-21)37-7-2/h8-17,27,32H,6-7H2,1-5H3/b28-26+.